The summed E-state index contributed by atoms with van der Waals surface area (Å²) < 4.78 is 28.5. The SMILES string of the molecule is O=C(Nc1nc2ccc(F)cc2s1)N1CCN(c2ccc(C[C@@H](O)CO)cc2F)CC1. The fourth-order valence-electron chi connectivity index (χ4n) is 3.54. The molecule has 31 heavy (non-hydrogen) atoms. The lowest BCUT2D eigenvalue weighted by Crippen LogP contribution is -2.50. The van der Waals surface area contributed by atoms with Crippen molar-refractivity contribution in [1.82, 2.24) is 9.88 Å². The lowest BCUT2D eigenvalue weighted by molar-refractivity contribution is 0.0954. The number of hydrogen-bond acceptors (Lipinski definition) is 6. The van der Waals surface area contributed by atoms with Crippen molar-refractivity contribution < 1.29 is 23.8 Å². The zero-order valence-corrected chi connectivity index (χ0v) is 17.4. The van der Waals surface area contributed by atoms with Crippen LogP contribution in [0.15, 0.2) is 36.4 Å². The molecule has 0 spiro atoms. The fraction of sp³-hybridized carbons (Fsp3) is 0.333. The number of aromatic nitrogens is 1. The van der Waals surface area contributed by atoms with Crippen LogP contribution in [-0.4, -0.2) is 65.0 Å². The number of thiazole rings is 1. The van der Waals surface area contributed by atoms with Crippen LogP contribution in [0.5, 0.6) is 0 Å². The summed E-state index contributed by atoms with van der Waals surface area (Å²) >= 11 is 1.21. The summed E-state index contributed by atoms with van der Waals surface area (Å²) in [6, 6.07) is 8.73. The van der Waals surface area contributed by atoms with Crippen LogP contribution in [0.25, 0.3) is 10.2 Å². The second-order valence-corrected chi connectivity index (χ2v) is 8.39. The van der Waals surface area contributed by atoms with E-state index in [0.29, 0.717) is 52.8 Å². The molecule has 4 rings (SSSR count). The number of rotatable bonds is 5. The Bertz CT molecular complexity index is 1090. The highest BCUT2D eigenvalue weighted by Crippen LogP contribution is 2.27. The summed E-state index contributed by atoms with van der Waals surface area (Å²) in [6.07, 6.45) is -0.734. The number of piperazine rings is 1. The molecule has 10 heteroatoms. The number of aliphatic hydroxyl groups is 2. The van der Waals surface area contributed by atoms with E-state index in [1.807, 2.05) is 4.90 Å². The zero-order chi connectivity index (χ0) is 22.0. The maximum Gasteiger partial charge on any atom is 0.323 e. The smallest absolute Gasteiger partial charge is 0.323 e. The van der Waals surface area contributed by atoms with Crippen molar-refractivity contribution in [3.8, 4) is 0 Å². The Labute approximate surface area is 181 Å². The van der Waals surface area contributed by atoms with Gasteiger partial charge in [0.1, 0.15) is 11.6 Å². The van der Waals surface area contributed by atoms with Gasteiger partial charge in [0.2, 0.25) is 0 Å². The van der Waals surface area contributed by atoms with Gasteiger partial charge in [0.05, 0.1) is 28.6 Å². The monoisotopic (exact) mass is 448 g/mol. The van der Waals surface area contributed by atoms with Crippen LogP contribution in [0.2, 0.25) is 0 Å². The molecule has 3 N–H and O–H groups in total. The highest BCUT2D eigenvalue weighted by molar-refractivity contribution is 7.22. The van der Waals surface area contributed by atoms with Crippen LogP contribution < -0.4 is 10.2 Å². The third-order valence-electron chi connectivity index (χ3n) is 5.17. The highest BCUT2D eigenvalue weighted by Gasteiger charge is 2.24. The van der Waals surface area contributed by atoms with Crippen molar-refractivity contribution in [2.45, 2.75) is 12.5 Å². The summed E-state index contributed by atoms with van der Waals surface area (Å²) in [5.41, 5.74) is 1.67. The Morgan fingerprint density at radius 1 is 1.16 bits per heavy atom. The van der Waals surface area contributed by atoms with E-state index >= 15 is 0 Å². The summed E-state index contributed by atoms with van der Waals surface area (Å²) in [7, 11) is 0. The molecule has 1 saturated heterocycles. The Kier molecular flexibility index (Phi) is 6.30. The van der Waals surface area contributed by atoms with Gasteiger partial charge >= 0.3 is 6.03 Å². The Morgan fingerprint density at radius 2 is 1.94 bits per heavy atom. The van der Waals surface area contributed by atoms with Gasteiger partial charge in [-0.2, -0.15) is 0 Å². The third-order valence-corrected chi connectivity index (χ3v) is 6.10. The summed E-state index contributed by atoms with van der Waals surface area (Å²) in [5, 5.41) is 21.6. The number of aliphatic hydroxyl groups excluding tert-OH is 2. The average molecular weight is 448 g/mol. The van der Waals surface area contributed by atoms with Crippen LogP contribution in [-0.2, 0) is 6.42 Å². The molecule has 0 unspecified atom stereocenters. The predicted octanol–water partition coefficient (Wildman–Crippen LogP) is 2.82. The molecule has 2 amide bonds. The molecule has 0 radical (unpaired) electrons. The van der Waals surface area contributed by atoms with Crippen molar-refractivity contribution in [1.29, 1.82) is 0 Å². The van der Waals surface area contributed by atoms with Gasteiger partial charge in [0, 0.05) is 32.6 Å². The van der Waals surface area contributed by atoms with Crippen molar-refractivity contribution in [2.75, 3.05) is 43.0 Å². The molecule has 2 aromatic carbocycles. The molecule has 1 aliphatic rings. The normalized spacial score (nSPS) is 15.4. The van der Waals surface area contributed by atoms with Gasteiger partial charge in [-0.1, -0.05) is 17.4 Å². The molecule has 1 aliphatic heterocycles. The number of fused-ring (bicyclic) bond motifs is 1. The molecule has 0 saturated carbocycles. The van der Waals surface area contributed by atoms with Gasteiger partial charge in [-0.25, -0.2) is 18.6 Å². The van der Waals surface area contributed by atoms with Crippen LogP contribution in [0.1, 0.15) is 5.56 Å². The molecule has 3 aromatic rings. The third kappa shape index (κ3) is 4.92. The van der Waals surface area contributed by atoms with E-state index in [9.17, 15) is 18.7 Å². The number of anilines is 2. The first-order valence-corrected chi connectivity index (χ1v) is 10.7. The number of benzene rings is 2. The van der Waals surface area contributed by atoms with E-state index in [-0.39, 0.29) is 24.9 Å². The Hall–Kier alpha value is -2.82. The minimum atomic E-state index is -0.915. The molecule has 1 aromatic heterocycles. The van der Waals surface area contributed by atoms with Crippen LogP contribution in [0.4, 0.5) is 24.4 Å². The van der Waals surface area contributed by atoms with Crippen molar-refractivity contribution in [2.24, 2.45) is 0 Å². The van der Waals surface area contributed by atoms with E-state index in [2.05, 4.69) is 10.3 Å². The molecular formula is C21H22F2N4O3S. The van der Waals surface area contributed by atoms with Crippen molar-refractivity contribution >= 4 is 38.4 Å². The summed E-state index contributed by atoms with van der Waals surface area (Å²) in [4.78, 5) is 20.4. The second kappa shape index (κ2) is 9.13. The van der Waals surface area contributed by atoms with Crippen LogP contribution >= 0.6 is 11.3 Å². The van der Waals surface area contributed by atoms with Gasteiger partial charge < -0.3 is 20.0 Å². The van der Waals surface area contributed by atoms with Crippen molar-refractivity contribution in [3.63, 3.8) is 0 Å². The molecule has 0 aliphatic carbocycles. The van der Waals surface area contributed by atoms with Gasteiger partial charge in [-0.15, -0.1) is 0 Å². The lowest BCUT2D eigenvalue weighted by atomic mass is 10.1. The molecule has 7 nitrogen and oxygen atoms in total. The minimum Gasteiger partial charge on any atom is -0.394 e. The zero-order valence-electron chi connectivity index (χ0n) is 16.6. The molecule has 2 heterocycles. The number of urea groups is 1. The van der Waals surface area contributed by atoms with Crippen LogP contribution in [0, 0.1) is 11.6 Å². The standard InChI is InChI=1S/C21H22F2N4O3S/c22-14-2-3-17-19(11-14)31-20(24-17)25-21(30)27-7-5-26(6-8-27)18-4-1-13(10-16(18)23)9-15(29)12-28/h1-4,10-11,15,28-29H,5-9,12H2,(H,24,25,30)/t15-/m1/s1. The molecule has 0 bridgehead atoms. The molecular weight excluding hydrogens is 426 g/mol. The van der Waals surface area contributed by atoms with Gasteiger partial charge in [-0.05, 0) is 35.9 Å². The molecule has 164 valence electrons. The molecule has 1 atom stereocenters. The fourth-order valence-corrected chi connectivity index (χ4v) is 4.42. The minimum absolute atomic E-state index is 0.181. The predicted molar refractivity (Wildman–Crippen MR) is 116 cm³/mol. The second-order valence-electron chi connectivity index (χ2n) is 7.36. The van der Waals surface area contributed by atoms with E-state index in [0.717, 1.165) is 0 Å². The summed E-state index contributed by atoms with van der Waals surface area (Å²) in [5.74, 6) is -0.753. The van der Waals surface area contributed by atoms with E-state index in [1.165, 1.54) is 29.5 Å². The molecule has 1 fully saturated rings. The first kappa shape index (κ1) is 21.4. The quantitative estimate of drug-likeness (QED) is 0.559. The summed E-state index contributed by atoms with van der Waals surface area (Å²) in [6.45, 7) is 1.38. The van der Waals surface area contributed by atoms with Gasteiger partial charge in [0.25, 0.3) is 0 Å². The lowest BCUT2D eigenvalue weighted by Gasteiger charge is -2.36. The van der Waals surface area contributed by atoms with Gasteiger partial charge in [-0.3, -0.25) is 5.32 Å². The van der Waals surface area contributed by atoms with Crippen molar-refractivity contribution in [3.05, 3.63) is 53.6 Å². The number of nitrogens with zero attached hydrogens (tertiary/aromatic N) is 3. The number of amides is 2. The van der Waals surface area contributed by atoms with E-state index in [4.69, 9.17) is 5.11 Å². The number of hydrogen-bond donors (Lipinski definition) is 3. The van der Waals surface area contributed by atoms with E-state index in [1.54, 1.807) is 23.1 Å². The maximum atomic E-state index is 14.5. The average Bonchev–Trinajstić information content (AvgIpc) is 3.15. The number of carbonyl (C=O) groups is 1. The van der Waals surface area contributed by atoms with Gasteiger partial charge in [0.15, 0.2) is 5.13 Å². The topological polar surface area (TPSA) is 88.9 Å². The number of nitrogens with one attached hydrogen (secondary N) is 1. The first-order valence-electron chi connectivity index (χ1n) is 9.87. The maximum absolute atomic E-state index is 14.5. The first-order chi connectivity index (χ1) is 14.9. The highest BCUT2D eigenvalue weighted by atomic mass is 32.1. The van der Waals surface area contributed by atoms with Crippen LogP contribution in [0.3, 0.4) is 0 Å². The van der Waals surface area contributed by atoms with E-state index < -0.39 is 11.9 Å². The Morgan fingerprint density at radius 3 is 2.65 bits per heavy atom. The number of halogens is 2. The largest absolute Gasteiger partial charge is 0.394 e. The Balaban J connectivity index is 1.35. The number of carbonyl (C=O) groups excluding carboxylic acids is 1.